The highest BCUT2D eigenvalue weighted by Crippen LogP contribution is 2.37. The van der Waals surface area contributed by atoms with Crippen molar-refractivity contribution in [3.05, 3.63) is 33.1 Å². The SMILES string of the molecule is CCCCc1c(-c2ccc(O)c(CN3CCN(CCO)CC3)c2)ssc1=S. The molecule has 0 unspecified atom stereocenters. The van der Waals surface area contributed by atoms with E-state index < -0.39 is 0 Å². The Morgan fingerprint density at radius 1 is 1.11 bits per heavy atom. The number of phenolic OH excluding ortho intramolecular Hbond substituents is 1. The number of β-amino-alcohol motifs (C(OH)–C–C–N with tert-alkyl or cyclic N) is 1. The molecular weight excluding hydrogens is 396 g/mol. The molecule has 0 atom stereocenters. The molecule has 3 rings (SSSR count). The van der Waals surface area contributed by atoms with Gasteiger partial charge in [0, 0.05) is 44.8 Å². The van der Waals surface area contributed by atoms with E-state index in [9.17, 15) is 5.11 Å². The number of aliphatic hydroxyl groups excluding tert-OH is 1. The number of unbranched alkanes of at least 4 members (excludes halogenated alkanes) is 1. The smallest absolute Gasteiger partial charge is 0.120 e. The van der Waals surface area contributed by atoms with Crippen molar-refractivity contribution in [1.82, 2.24) is 9.80 Å². The first-order valence-corrected chi connectivity index (χ1v) is 12.2. The minimum Gasteiger partial charge on any atom is -0.508 e. The Morgan fingerprint density at radius 3 is 2.56 bits per heavy atom. The predicted octanol–water partition coefficient (Wildman–Crippen LogP) is 4.36. The summed E-state index contributed by atoms with van der Waals surface area (Å²) in [6.07, 6.45) is 3.36. The highest BCUT2D eigenvalue weighted by atomic mass is 32.9. The summed E-state index contributed by atoms with van der Waals surface area (Å²) in [6, 6.07) is 5.97. The van der Waals surface area contributed by atoms with Gasteiger partial charge in [0.2, 0.25) is 0 Å². The van der Waals surface area contributed by atoms with Crippen LogP contribution in [0, 0.1) is 3.82 Å². The van der Waals surface area contributed by atoms with Crippen LogP contribution in [0.2, 0.25) is 0 Å². The lowest BCUT2D eigenvalue weighted by Gasteiger charge is -2.34. The Balaban J connectivity index is 1.75. The van der Waals surface area contributed by atoms with Crippen LogP contribution < -0.4 is 0 Å². The van der Waals surface area contributed by atoms with Crippen LogP contribution in [0.1, 0.15) is 30.9 Å². The number of nitrogens with zero attached hydrogens (tertiary/aromatic N) is 2. The second-order valence-corrected chi connectivity index (χ2v) is 9.87. The number of rotatable bonds is 8. The Bertz CT molecular complexity index is 795. The minimum absolute atomic E-state index is 0.218. The summed E-state index contributed by atoms with van der Waals surface area (Å²) in [5.41, 5.74) is 3.45. The molecule has 0 spiro atoms. The number of benzene rings is 1. The van der Waals surface area contributed by atoms with Gasteiger partial charge in [0.15, 0.2) is 0 Å². The van der Waals surface area contributed by atoms with Crippen LogP contribution in [0.4, 0.5) is 0 Å². The van der Waals surface area contributed by atoms with E-state index in [2.05, 4.69) is 22.8 Å². The zero-order valence-electron chi connectivity index (χ0n) is 15.8. The van der Waals surface area contributed by atoms with Gasteiger partial charge in [-0.3, -0.25) is 9.80 Å². The predicted molar refractivity (Wildman–Crippen MR) is 118 cm³/mol. The second-order valence-electron chi connectivity index (χ2n) is 7.05. The van der Waals surface area contributed by atoms with Crippen molar-refractivity contribution >= 4 is 32.9 Å². The highest BCUT2D eigenvalue weighted by Gasteiger charge is 2.18. The molecule has 1 aliphatic heterocycles. The van der Waals surface area contributed by atoms with Crippen LogP contribution >= 0.6 is 32.9 Å². The van der Waals surface area contributed by atoms with E-state index >= 15 is 0 Å². The van der Waals surface area contributed by atoms with E-state index in [0.29, 0.717) is 5.75 Å². The van der Waals surface area contributed by atoms with Crippen molar-refractivity contribution in [3.63, 3.8) is 0 Å². The van der Waals surface area contributed by atoms with Gasteiger partial charge in [0.25, 0.3) is 0 Å². The molecule has 0 bridgehead atoms. The van der Waals surface area contributed by atoms with Gasteiger partial charge in [-0.15, -0.1) is 0 Å². The molecule has 2 N–H and O–H groups in total. The largest absolute Gasteiger partial charge is 0.508 e. The number of hydrogen-bond acceptors (Lipinski definition) is 7. The molecule has 148 valence electrons. The van der Waals surface area contributed by atoms with Crippen molar-refractivity contribution in [2.24, 2.45) is 0 Å². The lowest BCUT2D eigenvalue weighted by atomic mass is 10.0. The molecule has 27 heavy (non-hydrogen) atoms. The van der Waals surface area contributed by atoms with Gasteiger partial charge in [-0.05, 0) is 42.2 Å². The average Bonchev–Trinajstić information content (AvgIpc) is 3.04. The average molecular weight is 425 g/mol. The van der Waals surface area contributed by atoms with E-state index in [1.54, 1.807) is 20.7 Å². The molecule has 0 radical (unpaired) electrons. The van der Waals surface area contributed by atoms with E-state index in [4.69, 9.17) is 17.3 Å². The molecule has 0 saturated carbocycles. The van der Waals surface area contributed by atoms with Crippen LogP contribution in [-0.2, 0) is 13.0 Å². The molecule has 4 nitrogen and oxygen atoms in total. The maximum Gasteiger partial charge on any atom is 0.120 e. The second kappa shape index (κ2) is 10.1. The standard InChI is InChI=1S/C20H28N2O2S3/c1-2-3-4-17-19(26-27-20(17)25)15-5-6-18(24)16(13-15)14-22-9-7-21(8-10-22)11-12-23/h5-6,13,23-24H,2-4,7-12,14H2,1H3. The third-order valence-electron chi connectivity index (χ3n) is 5.12. The molecule has 1 aromatic carbocycles. The summed E-state index contributed by atoms with van der Waals surface area (Å²) in [4.78, 5) is 5.93. The van der Waals surface area contributed by atoms with Crippen LogP contribution in [0.25, 0.3) is 10.4 Å². The van der Waals surface area contributed by atoms with Crippen molar-refractivity contribution in [2.45, 2.75) is 32.7 Å². The third kappa shape index (κ3) is 5.37. The van der Waals surface area contributed by atoms with Crippen molar-refractivity contribution in [1.29, 1.82) is 0 Å². The van der Waals surface area contributed by atoms with Gasteiger partial charge in [0.05, 0.1) is 11.5 Å². The molecule has 0 aliphatic carbocycles. The summed E-state index contributed by atoms with van der Waals surface area (Å²) >= 11 is 5.56. The summed E-state index contributed by atoms with van der Waals surface area (Å²) in [7, 11) is 3.44. The van der Waals surface area contributed by atoms with Crippen molar-refractivity contribution in [2.75, 3.05) is 39.3 Å². The van der Waals surface area contributed by atoms with E-state index in [1.807, 2.05) is 12.1 Å². The summed E-state index contributed by atoms with van der Waals surface area (Å²) in [5, 5.41) is 19.5. The van der Waals surface area contributed by atoms with Crippen molar-refractivity contribution in [3.8, 4) is 16.2 Å². The van der Waals surface area contributed by atoms with Crippen molar-refractivity contribution < 1.29 is 10.2 Å². The maximum atomic E-state index is 10.4. The van der Waals surface area contributed by atoms with Gasteiger partial charge >= 0.3 is 0 Å². The minimum atomic E-state index is 0.218. The molecule has 7 heteroatoms. The molecule has 1 fully saturated rings. The Hall–Kier alpha value is -0.830. The van der Waals surface area contributed by atoms with Crippen LogP contribution in [0.5, 0.6) is 5.75 Å². The van der Waals surface area contributed by atoms with Crippen LogP contribution in [0.3, 0.4) is 0 Å². The Morgan fingerprint density at radius 2 is 1.85 bits per heavy atom. The van der Waals surface area contributed by atoms with Gasteiger partial charge in [0.1, 0.15) is 9.57 Å². The molecular formula is C20H28N2O2S3. The number of piperazine rings is 1. The Labute approximate surface area is 174 Å². The van der Waals surface area contributed by atoms with Crippen LogP contribution in [0.15, 0.2) is 18.2 Å². The number of phenols is 1. The van der Waals surface area contributed by atoms with Gasteiger partial charge in [-0.2, -0.15) is 0 Å². The molecule has 1 aromatic heterocycles. The third-order valence-corrected chi connectivity index (χ3v) is 8.31. The van der Waals surface area contributed by atoms with Gasteiger partial charge in [-0.25, -0.2) is 0 Å². The van der Waals surface area contributed by atoms with E-state index in [1.165, 1.54) is 16.0 Å². The quantitative estimate of drug-likeness (QED) is 0.487. The highest BCUT2D eigenvalue weighted by molar-refractivity contribution is 7.80. The molecule has 1 saturated heterocycles. The molecule has 2 heterocycles. The first kappa shape index (κ1) is 20.9. The number of hydrogen-bond donors (Lipinski definition) is 2. The van der Waals surface area contributed by atoms with E-state index in [-0.39, 0.29) is 6.61 Å². The number of aliphatic hydroxyl groups is 1. The summed E-state index contributed by atoms with van der Waals surface area (Å²) in [6.45, 7) is 7.78. The summed E-state index contributed by atoms with van der Waals surface area (Å²) < 4.78 is 1.01. The summed E-state index contributed by atoms with van der Waals surface area (Å²) in [5.74, 6) is 0.366. The normalized spacial score (nSPS) is 16.1. The first-order valence-electron chi connectivity index (χ1n) is 9.62. The molecule has 2 aromatic rings. The fourth-order valence-electron chi connectivity index (χ4n) is 3.47. The molecule has 0 amide bonds. The van der Waals surface area contributed by atoms with Crippen LogP contribution in [-0.4, -0.2) is 59.3 Å². The first-order chi connectivity index (χ1) is 13.1. The molecule has 1 aliphatic rings. The fraction of sp³-hybridized carbons (Fsp3) is 0.550. The zero-order valence-corrected chi connectivity index (χ0v) is 18.3. The lowest BCUT2D eigenvalue weighted by molar-refractivity contribution is 0.108. The monoisotopic (exact) mass is 424 g/mol. The number of aromatic hydroxyl groups is 1. The fourth-order valence-corrected chi connectivity index (χ4v) is 6.47. The topological polar surface area (TPSA) is 46.9 Å². The Kier molecular flexibility index (Phi) is 7.81. The van der Waals surface area contributed by atoms with Gasteiger partial charge in [-0.1, -0.05) is 46.2 Å². The van der Waals surface area contributed by atoms with E-state index in [0.717, 1.165) is 67.9 Å². The zero-order chi connectivity index (χ0) is 19.2. The van der Waals surface area contributed by atoms with Gasteiger partial charge < -0.3 is 10.2 Å². The lowest BCUT2D eigenvalue weighted by Crippen LogP contribution is -2.46. The maximum absolute atomic E-state index is 10.4.